The Bertz CT molecular complexity index is 987. The lowest BCUT2D eigenvalue weighted by Gasteiger charge is -2.13. The molecule has 7 heteroatoms. The quantitative estimate of drug-likeness (QED) is 0.755. The summed E-state index contributed by atoms with van der Waals surface area (Å²) in [6, 6.07) is 6.67. The molecule has 7 nitrogen and oxygen atoms in total. The molecule has 0 radical (unpaired) electrons. The van der Waals surface area contributed by atoms with Gasteiger partial charge in [-0.25, -0.2) is 9.97 Å². The summed E-state index contributed by atoms with van der Waals surface area (Å²) in [4.78, 5) is 23.2. The first-order chi connectivity index (χ1) is 13.2. The molecular formula is C20H22N6O. The van der Waals surface area contributed by atoms with E-state index in [1.54, 1.807) is 6.20 Å². The van der Waals surface area contributed by atoms with Crippen molar-refractivity contribution < 1.29 is 4.79 Å². The number of aromatic nitrogens is 4. The predicted octanol–water partition coefficient (Wildman–Crippen LogP) is 2.86. The third kappa shape index (κ3) is 3.55. The Hall–Kier alpha value is -2.80. The first-order valence-corrected chi connectivity index (χ1v) is 9.58. The van der Waals surface area contributed by atoms with Gasteiger partial charge < -0.3 is 0 Å². The fourth-order valence-electron chi connectivity index (χ4n) is 3.60. The Morgan fingerprint density at radius 2 is 2.00 bits per heavy atom. The van der Waals surface area contributed by atoms with Gasteiger partial charge in [0.2, 0.25) is 11.9 Å². The number of nitrogens with zero attached hydrogens (tertiary/aromatic N) is 5. The van der Waals surface area contributed by atoms with Crippen molar-refractivity contribution in [1.29, 1.82) is 0 Å². The summed E-state index contributed by atoms with van der Waals surface area (Å²) in [6.45, 7) is 2.38. The SMILES string of the molecule is O=C(CN1CCCC1)Nc1ncc2ccc(-c3cnn(C4CC4)c3)cc2n1. The van der Waals surface area contributed by atoms with Crippen LogP contribution in [0.2, 0.25) is 0 Å². The van der Waals surface area contributed by atoms with Crippen LogP contribution in [0.25, 0.3) is 22.0 Å². The Kier molecular flexibility index (Phi) is 4.09. The van der Waals surface area contributed by atoms with Crippen LogP contribution in [0.15, 0.2) is 36.8 Å². The summed E-state index contributed by atoms with van der Waals surface area (Å²) >= 11 is 0. The molecule has 138 valence electrons. The third-order valence-corrected chi connectivity index (χ3v) is 5.26. The van der Waals surface area contributed by atoms with Crippen LogP contribution in [0.3, 0.4) is 0 Å². The molecule has 0 atom stereocenters. The number of carbonyl (C=O) groups excluding carboxylic acids is 1. The van der Waals surface area contributed by atoms with Crippen molar-refractivity contribution in [3.63, 3.8) is 0 Å². The van der Waals surface area contributed by atoms with Crippen molar-refractivity contribution in [3.8, 4) is 11.1 Å². The molecule has 1 saturated heterocycles. The van der Waals surface area contributed by atoms with E-state index in [0.29, 0.717) is 18.5 Å². The Labute approximate surface area is 157 Å². The van der Waals surface area contributed by atoms with Gasteiger partial charge in [0.1, 0.15) is 0 Å². The van der Waals surface area contributed by atoms with E-state index in [2.05, 4.69) is 37.5 Å². The van der Waals surface area contributed by atoms with E-state index in [1.165, 1.54) is 25.7 Å². The van der Waals surface area contributed by atoms with Crippen LogP contribution >= 0.6 is 0 Å². The van der Waals surface area contributed by atoms with Crippen LogP contribution in [0.1, 0.15) is 31.7 Å². The maximum Gasteiger partial charge on any atom is 0.240 e. The van der Waals surface area contributed by atoms with Crippen LogP contribution < -0.4 is 5.32 Å². The Morgan fingerprint density at radius 1 is 1.15 bits per heavy atom. The summed E-state index contributed by atoms with van der Waals surface area (Å²) in [5.41, 5.74) is 2.97. The summed E-state index contributed by atoms with van der Waals surface area (Å²) in [5, 5.41) is 8.24. The minimum absolute atomic E-state index is 0.0573. The molecule has 0 unspecified atom stereocenters. The first-order valence-electron chi connectivity index (χ1n) is 9.58. The predicted molar refractivity (Wildman–Crippen MR) is 103 cm³/mol. The molecule has 1 aromatic carbocycles. The average molecular weight is 362 g/mol. The van der Waals surface area contributed by atoms with Crippen LogP contribution in [0, 0.1) is 0 Å². The van der Waals surface area contributed by atoms with Crippen molar-refractivity contribution in [3.05, 3.63) is 36.8 Å². The summed E-state index contributed by atoms with van der Waals surface area (Å²) < 4.78 is 2.05. The van der Waals surface area contributed by atoms with Crippen LogP contribution in [0.5, 0.6) is 0 Å². The molecule has 3 aromatic rings. The van der Waals surface area contributed by atoms with Gasteiger partial charge in [-0.15, -0.1) is 0 Å². The lowest BCUT2D eigenvalue weighted by molar-refractivity contribution is -0.117. The normalized spacial score (nSPS) is 17.5. The Balaban J connectivity index is 1.35. The molecule has 0 bridgehead atoms. The number of carbonyl (C=O) groups is 1. The molecule has 1 aliphatic heterocycles. The van der Waals surface area contributed by atoms with E-state index >= 15 is 0 Å². The minimum Gasteiger partial charge on any atom is -0.295 e. The van der Waals surface area contributed by atoms with E-state index in [0.717, 1.165) is 35.1 Å². The molecule has 1 N–H and O–H groups in total. The molecule has 5 rings (SSSR count). The molecule has 1 aliphatic carbocycles. The highest BCUT2D eigenvalue weighted by Gasteiger charge is 2.24. The molecule has 27 heavy (non-hydrogen) atoms. The van der Waals surface area contributed by atoms with Gasteiger partial charge >= 0.3 is 0 Å². The monoisotopic (exact) mass is 362 g/mol. The zero-order valence-corrected chi connectivity index (χ0v) is 15.1. The first kappa shape index (κ1) is 16.4. The highest BCUT2D eigenvalue weighted by Crippen LogP contribution is 2.35. The number of nitrogens with one attached hydrogen (secondary N) is 1. The van der Waals surface area contributed by atoms with Gasteiger partial charge in [-0.05, 0) is 50.4 Å². The van der Waals surface area contributed by atoms with E-state index in [-0.39, 0.29) is 5.91 Å². The molecule has 1 amide bonds. The summed E-state index contributed by atoms with van der Waals surface area (Å²) in [5.74, 6) is 0.302. The lowest BCUT2D eigenvalue weighted by atomic mass is 10.1. The zero-order valence-electron chi connectivity index (χ0n) is 15.1. The smallest absolute Gasteiger partial charge is 0.240 e. The van der Waals surface area contributed by atoms with Gasteiger partial charge in [-0.3, -0.25) is 19.7 Å². The maximum absolute atomic E-state index is 12.2. The van der Waals surface area contributed by atoms with Gasteiger partial charge in [0.15, 0.2) is 0 Å². The van der Waals surface area contributed by atoms with Gasteiger partial charge in [-0.1, -0.05) is 12.1 Å². The van der Waals surface area contributed by atoms with Crippen molar-refractivity contribution in [1.82, 2.24) is 24.6 Å². The highest BCUT2D eigenvalue weighted by molar-refractivity contribution is 5.92. The van der Waals surface area contributed by atoms with Crippen molar-refractivity contribution in [2.45, 2.75) is 31.7 Å². The number of benzene rings is 1. The number of rotatable bonds is 5. The maximum atomic E-state index is 12.2. The van der Waals surface area contributed by atoms with Crippen molar-refractivity contribution >= 4 is 22.8 Å². The minimum atomic E-state index is -0.0573. The molecule has 2 aliphatic rings. The number of fused-ring (bicyclic) bond motifs is 1. The van der Waals surface area contributed by atoms with Gasteiger partial charge in [-0.2, -0.15) is 5.10 Å². The number of amides is 1. The van der Waals surface area contributed by atoms with Crippen LogP contribution in [-0.2, 0) is 4.79 Å². The average Bonchev–Trinajstić information content (AvgIpc) is 3.18. The second-order valence-corrected chi connectivity index (χ2v) is 7.44. The summed E-state index contributed by atoms with van der Waals surface area (Å²) in [7, 11) is 0. The van der Waals surface area contributed by atoms with Gasteiger partial charge in [0.25, 0.3) is 0 Å². The highest BCUT2D eigenvalue weighted by atomic mass is 16.2. The van der Waals surface area contributed by atoms with E-state index in [1.807, 2.05) is 23.0 Å². The summed E-state index contributed by atoms with van der Waals surface area (Å²) in [6.07, 6.45) is 10.5. The second-order valence-electron chi connectivity index (χ2n) is 7.44. The number of anilines is 1. The third-order valence-electron chi connectivity index (χ3n) is 5.26. The number of hydrogen-bond acceptors (Lipinski definition) is 5. The number of likely N-dealkylation sites (tertiary alicyclic amines) is 1. The van der Waals surface area contributed by atoms with Gasteiger partial charge in [0, 0.05) is 23.3 Å². The molecule has 1 saturated carbocycles. The fourth-order valence-corrected chi connectivity index (χ4v) is 3.60. The Morgan fingerprint density at radius 3 is 2.81 bits per heavy atom. The topological polar surface area (TPSA) is 75.9 Å². The van der Waals surface area contributed by atoms with Crippen molar-refractivity contribution in [2.75, 3.05) is 25.0 Å². The standard InChI is InChI=1S/C20H22N6O/c27-19(13-25-7-1-2-8-25)24-20-21-10-15-4-3-14(9-18(15)23-20)16-11-22-26(12-16)17-5-6-17/h3-4,9-12,17H,1-2,5-8,13H2,(H,21,23,24,27). The van der Waals surface area contributed by atoms with Gasteiger partial charge in [0.05, 0.1) is 24.3 Å². The van der Waals surface area contributed by atoms with Crippen LogP contribution in [-0.4, -0.2) is 50.2 Å². The van der Waals surface area contributed by atoms with Crippen LogP contribution in [0.4, 0.5) is 5.95 Å². The molecule has 3 heterocycles. The van der Waals surface area contributed by atoms with Crippen molar-refractivity contribution in [2.24, 2.45) is 0 Å². The largest absolute Gasteiger partial charge is 0.295 e. The molecular weight excluding hydrogens is 340 g/mol. The molecule has 2 aromatic heterocycles. The lowest BCUT2D eigenvalue weighted by Crippen LogP contribution is -2.31. The molecule has 0 spiro atoms. The van der Waals surface area contributed by atoms with E-state index in [9.17, 15) is 4.79 Å². The van der Waals surface area contributed by atoms with E-state index in [4.69, 9.17) is 0 Å². The number of hydrogen-bond donors (Lipinski definition) is 1. The van der Waals surface area contributed by atoms with E-state index < -0.39 is 0 Å². The zero-order chi connectivity index (χ0) is 18.2. The second kappa shape index (κ2) is 6.74. The molecule has 2 fully saturated rings. The fraction of sp³-hybridized carbons (Fsp3) is 0.400.